The van der Waals surface area contributed by atoms with E-state index in [1.165, 1.54) is 10.1 Å². The molecule has 0 aliphatic heterocycles. The summed E-state index contributed by atoms with van der Waals surface area (Å²) in [5.74, 6) is 1.84. The maximum atomic E-state index is 9.40. The van der Waals surface area contributed by atoms with Crippen molar-refractivity contribution >= 4 is 31.5 Å². The van der Waals surface area contributed by atoms with E-state index >= 15 is 0 Å². The van der Waals surface area contributed by atoms with Gasteiger partial charge in [0.05, 0.1) is 11.6 Å². The van der Waals surface area contributed by atoms with Crippen molar-refractivity contribution in [2.24, 2.45) is 0 Å². The van der Waals surface area contributed by atoms with E-state index in [-0.39, 0.29) is 0 Å². The van der Waals surface area contributed by atoms with Crippen LogP contribution >= 0.6 is 11.3 Å². The Bertz CT molecular complexity index is 2320. The molecule has 3 heterocycles. The average molecular weight is 594 g/mol. The van der Waals surface area contributed by atoms with E-state index in [2.05, 4.69) is 53.5 Å². The highest BCUT2D eigenvalue weighted by atomic mass is 32.1. The molecule has 0 fully saturated rings. The molecule has 0 atom stereocenters. The second kappa shape index (κ2) is 11.2. The molecule has 3 aromatic heterocycles. The molecule has 0 spiro atoms. The number of hydrogen-bond acceptors (Lipinski definition) is 6. The van der Waals surface area contributed by atoms with Gasteiger partial charge in [-0.25, -0.2) is 15.0 Å². The van der Waals surface area contributed by atoms with Gasteiger partial charge >= 0.3 is 0 Å². The van der Waals surface area contributed by atoms with Gasteiger partial charge < -0.3 is 0 Å². The van der Waals surface area contributed by atoms with Crippen LogP contribution in [0.1, 0.15) is 5.56 Å². The quantitative estimate of drug-likeness (QED) is 0.199. The number of rotatable bonds is 5. The number of fused-ring (bicyclic) bond motifs is 3. The molecule has 0 aliphatic carbocycles. The van der Waals surface area contributed by atoms with Crippen LogP contribution in [-0.4, -0.2) is 19.9 Å². The van der Waals surface area contributed by atoms with Gasteiger partial charge in [-0.3, -0.25) is 4.98 Å². The van der Waals surface area contributed by atoms with Crippen molar-refractivity contribution in [2.45, 2.75) is 0 Å². The highest BCUT2D eigenvalue weighted by molar-refractivity contribution is 7.25. The number of aromatic nitrogens is 4. The van der Waals surface area contributed by atoms with E-state index < -0.39 is 0 Å². The van der Waals surface area contributed by atoms with Gasteiger partial charge in [-0.1, -0.05) is 84.9 Å². The molecular weight excluding hydrogens is 571 g/mol. The lowest BCUT2D eigenvalue weighted by molar-refractivity contribution is 1.07. The minimum absolute atomic E-state index is 0.599. The fraction of sp³-hybridized carbons (Fsp3) is 0. The first kappa shape index (κ1) is 26.6. The normalized spacial score (nSPS) is 11.1. The molecule has 45 heavy (non-hydrogen) atoms. The van der Waals surface area contributed by atoms with Gasteiger partial charge in [0.25, 0.3) is 0 Å². The van der Waals surface area contributed by atoms with Crippen molar-refractivity contribution < 1.29 is 0 Å². The summed E-state index contributed by atoms with van der Waals surface area (Å²) in [5, 5.41) is 11.8. The van der Waals surface area contributed by atoms with Crippen LogP contribution in [-0.2, 0) is 0 Å². The van der Waals surface area contributed by atoms with Crippen molar-refractivity contribution in [1.29, 1.82) is 5.26 Å². The van der Waals surface area contributed by atoms with Crippen LogP contribution in [0, 0.1) is 11.3 Å². The van der Waals surface area contributed by atoms with Crippen molar-refractivity contribution in [2.75, 3.05) is 0 Å². The van der Waals surface area contributed by atoms with Gasteiger partial charge in [0, 0.05) is 54.8 Å². The van der Waals surface area contributed by atoms with Crippen LogP contribution < -0.4 is 0 Å². The second-order valence-electron chi connectivity index (χ2n) is 10.7. The molecule has 0 unspecified atom stereocenters. The summed E-state index contributed by atoms with van der Waals surface area (Å²) < 4.78 is 2.28. The highest BCUT2D eigenvalue weighted by Gasteiger charge is 2.15. The van der Waals surface area contributed by atoms with Crippen molar-refractivity contribution in [3.05, 3.63) is 145 Å². The Morgan fingerprint density at radius 2 is 1.02 bits per heavy atom. The SMILES string of the molecule is N#Cc1ccc2c(c1)sc1cc(-c3cc(-c4cccnc4)cc(-c4nc(-c5ccccc5)nc(-c5ccccc5)n4)c3)ccc12. The van der Waals surface area contributed by atoms with Crippen LogP contribution in [0.4, 0.5) is 0 Å². The van der Waals surface area contributed by atoms with E-state index in [1.54, 1.807) is 17.5 Å². The molecule has 0 radical (unpaired) electrons. The predicted octanol–water partition coefficient (Wildman–Crippen LogP) is 9.84. The number of nitrogens with zero attached hydrogens (tertiary/aromatic N) is 5. The highest BCUT2D eigenvalue weighted by Crippen LogP contribution is 2.39. The Kier molecular flexibility index (Phi) is 6.64. The van der Waals surface area contributed by atoms with Crippen molar-refractivity contribution in [3.8, 4) is 62.5 Å². The molecule has 8 rings (SSSR count). The molecule has 5 aromatic carbocycles. The molecular formula is C39H23N5S. The lowest BCUT2D eigenvalue weighted by Gasteiger charge is -2.12. The number of nitriles is 1. The maximum absolute atomic E-state index is 9.40. The summed E-state index contributed by atoms with van der Waals surface area (Å²) >= 11 is 1.71. The number of thiophene rings is 1. The standard InChI is InChI=1S/C39H23N5S/c40-23-25-13-15-33-34-16-14-28(22-36(34)45-35(33)18-25)30-19-31(29-12-7-17-41-24-29)21-32(20-30)39-43-37(26-8-3-1-4-9-26)42-38(44-39)27-10-5-2-6-11-27/h1-22,24H. The molecule has 0 saturated heterocycles. The zero-order chi connectivity index (χ0) is 30.2. The fourth-order valence-corrected chi connectivity index (χ4v) is 6.77. The molecule has 210 valence electrons. The first-order valence-electron chi connectivity index (χ1n) is 14.5. The van der Waals surface area contributed by atoms with Crippen LogP contribution in [0.5, 0.6) is 0 Å². The minimum atomic E-state index is 0.599. The minimum Gasteiger partial charge on any atom is -0.264 e. The van der Waals surface area contributed by atoms with Crippen LogP contribution in [0.3, 0.4) is 0 Å². The second-order valence-corrected chi connectivity index (χ2v) is 11.8. The molecule has 0 aliphatic rings. The van der Waals surface area contributed by atoms with E-state index in [4.69, 9.17) is 15.0 Å². The zero-order valence-corrected chi connectivity index (χ0v) is 24.7. The molecule has 0 N–H and O–H groups in total. The molecule has 0 amide bonds. The van der Waals surface area contributed by atoms with Gasteiger partial charge in [0.1, 0.15) is 0 Å². The summed E-state index contributed by atoms with van der Waals surface area (Å²) in [5.41, 5.74) is 7.58. The lowest BCUT2D eigenvalue weighted by atomic mass is 9.96. The smallest absolute Gasteiger partial charge is 0.164 e. The summed E-state index contributed by atoms with van der Waals surface area (Å²) in [6.07, 6.45) is 3.66. The maximum Gasteiger partial charge on any atom is 0.164 e. The number of pyridine rings is 1. The Labute approximate surface area is 263 Å². The first-order chi connectivity index (χ1) is 22.2. The molecule has 0 saturated carbocycles. The third kappa shape index (κ3) is 5.12. The van der Waals surface area contributed by atoms with E-state index in [9.17, 15) is 5.26 Å². The Morgan fingerprint density at radius 3 is 1.64 bits per heavy atom. The van der Waals surface area contributed by atoms with Gasteiger partial charge in [0.15, 0.2) is 17.5 Å². The van der Waals surface area contributed by atoms with E-state index in [0.29, 0.717) is 23.0 Å². The van der Waals surface area contributed by atoms with Gasteiger partial charge in [-0.05, 0) is 59.2 Å². The Morgan fingerprint density at radius 1 is 0.467 bits per heavy atom. The van der Waals surface area contributed by atoms with Gasteiger partial charge in [0.2, 0.25) is 0 Å². The predicted molar refractivity (Wildman–Crippen MR) is 182 cm³/mol. The van der Waals surface area contributed by atoms with Crippen LogP contribution in [0.2, 0.25) is 0 Å². The molecule has 0 bridgehead atoms. The number of benzene rings is 5. The largest absolute Gasteiger partial charge is 0.264 e. The molecule has 8 aromatic rings. The zero-order valence-electron chi connectivity index (χ0n) is 23.9. The van der Waals surface area contributed by atoms with Crippen molar-refractivity contribution in [1.82, 2.24) is 19.9 Å². The number of hydrogen-bond donors (Lipinski definition) is 0. The Hall–Kier alpha value is -6.03. The topological polar surface area (TPSA) is 75.3 Å². The van der Waals surface area contributed by atoms with Crippen LogP contribution in [0.15, 0.2) is 140 Å². The monoisotopic (exact) mass is 593 g/mol. The van der Waals surface area contributed by atoms with Crippen molar-refractivity contribution in [3.63, 3.8) is 0 Å². The van der Waals surface area contributed by atoms with Gasteiger partial charge in [-0.2, -0.15) is 5.26 Å². The Balaban J connectivity index is 1.33. The summed E-state index contributed by atoms with van der Waals surface area (Å²) in [7, 11) is 0. The molecule has 5 nitrogen and oxygen atoms in total. The average Bonchev–Trinajstić information content (AvgIpc) is 3.49. The fourth-order valence-electron chi connectivity index (χ4n) is 5.59. The first-order valence-corrected chi connectivity index (χ1v) is 15.3. The molecule has 6 heteroatoms. The third-order valence-corrected chi connectivity index (χ3v) is 8.94. The van der Waals surface area contributed by atoms with E-state index in [1.807, 2.05) is 91.1 Å². The van der Waals surface area contributed by atoms with E-state index in [0.717, 1.165) is 49.0 Å². The van der Waals surface area contributed by atoms with Crippen LogP contribution in [0.25, 0.3) is 76.6 Å². The third-order valence-electron chi connectivity index (χ3n) is 7.82. The lowest BCUT2D eigenvalue weighted by Crippen LogP contribution is -2.00. The summed E-state index contributed by atoms with van der Waals surface area (Å²) in [6.45, 7) is 0. The summed E-state index contributed by atoms with van der Waals surface area (Å²) in [6, 6.07) is 45.2. The van der Waals surface area contributed by atoms with Gasteiger partial charge in [-0.15, -0.1) is 11.3 Å². The summed E-state index contributed by atoms with van der Waals surface area (Å²) in [4.78, 5) is 19.3.